The normalized spacial score (nSPS) is 11.7. The fourth-order valence-electron chi connectivity index (χ4n) is 1.32. The van der Waals surface area contributed by atoms with Gasteiger partial charge in [-0.05, 0) is 22.9 Å². The molecule has 104 valence electrons. The van der Waals surface area contributed by atoms with Crippen LogP contribution < -0.4 is 0 Å². The Morgan fingerprint density at radius 2 is 1.32 bits per heavy atom. The molecule has 19 heavy (non-hydrogen) atoms. The standard InChI is InChI=1S/C10H8O3S.CH4O3S/c11-14(12,13)10-6-5-8-3-1-2-4-9(8)7-10;1-5(2,3)4/h1-7H,(H,11,12,13);1H3,(H,2,3,4)/p-2. The van der Waals surface area contributed by atoms with Gasteiger partial charge in [0.05, 0.1) is 15.0 Å². The summed E-state index contributed by atoms with van der Waals surface area (Å²) in [5, 5.41) is 1.67. The van der Waals surface area contributed by atoms with E-state index in [1.807, 2.05) is 12.1 Å². The highest BCUT2D eigenvalue weighted by molar-refractivity contribution is 7.85. The maximum absolute atomic E-state index is 10.7. The van der Waals surface area contributed by atoms with E-state index < -0.39 is 20.2 Å². The summed E-state index contributed by atoms with van der Waals surface area (Å²) < 4.78 is 59.4. The molecule has 0 spiro atoms. The Labute approximate surface area is 111 Å². The molecule has 6 nitrogen and oxygen atoms in total. The summed E-state index contributed by atoms with van der Waals surface area (Å²) in [6, 6.07) is 11.6. The third-order valence-corrected chi connectivity index (χ3v) is 2.84. The number of fused-ring (bicyclic) bond motifs is 1. The Morgan fingerprint density at radius 3 is 1.79 bits per heavy atom. The van der Waals surface area contributed by atoms with Gasteiger partial charge in [-0.25, -0.2) is 16.8 Å². The van der Waals surface area contributed by atoms with Gasteiger partial charge in [-0.1, -0.05) is 30.3 Å². The lowest BCUT2D eigenvalue weighted by molar-refractivity contribution is 0.462. The van der Waals surface area contributed by atoms with Gasteiger partial charge in [0.25, 0.3) is 0 Å². The zero-order chi connectivity index (χ0) is 14.7. The lowest BCUT2D eigenvalue weighted by atomic mass is 10.1. The number of rotatable bonds is 1. The van der Waals surface area contributed by atoms with Crippen LogP contribution in [0.25, 0.3) is 10.8 Å². The topological polar surface area (TPSA) is 114 Å². The fourth-order valence-corrected chi connectivity index (χ4v) is 1.83. The molecule has 0 fully saturated rings. The molecule has 0 radical (unpaired) electrons. The van der Waals surface area contributed by atoms with Crippen LogP contribution >= 0.6 is 0 Å². The van der Waals surface area contributed by atoms with E-state index in [0.29, 0.717) is 6.26 Å². The second kappa shape index (κ2) is 5.66. The number of hydrogen-bond donors (Lipinski definition) is 0. The second-order valence-corrected chi connectivity index (χ2v) is 6.46. The van der Waals surface area contributed by atoms with Crippen molar-refractivity contribution in [3.05, 3.63) is 42.5 Å². The van der Waals surface area contributed by atoms with Crippen LogP contribution in [-0.4, -0.2) is 32.2 Å². The van der Waals surface area contributed by atoms with E-state index in [4.69, 9.17) is 13.0 Å². The van der Waals surface area contributed by atoms with Crippen molar-refractivity contribution >= 4 is 31.0 Å². The molecule has 0 amide bonds. The van der Waals surface area contributed by atoms with Gasteiger partial charge in [-0.2, -0.15) is 0 Å². The van der Waals surface area contributed by atoms with Crippen molar-refractivity contribution in [2.45, 2.75) is 4.90 Å². The third-order valence-electron chi connectivity index (χ3n) is 2.01. The highest BCUT2D eigenvalue weighted by Crippen LogP contribution is 2.18. The highest BCUT2D eigenvalue weighted by atomic mass is 32.2. The molecule has 2 aromatic carbocycles. The average molecular weight is 302 g/mol. The van der Waals surface area contributed by atoms with E-state index in [9.17, 15) is 13.0 Å². The summed E-state index contributed by atoms with van der Waals surface area (Å²) >= 11 is 0. The van der Waals surface area contributed by atoms with Crippen LogP contribution in [0, 0.1) is 0 Å². The zero-order valence-electron chi connectivity index (χ0n) is 9.81. The molecular formula is C11H10O6S2-2. The molecule has 0 heterocycles. The molecule has 8 heteroatoms. The van der Waals surface area contributed by atoms with Crippen LogP contribution in [0.15, 0.2) is 47.4 Å². The summed E-state index contributed by atoms with van der Waals surface area (Å²) in [7, 11) is -8.26. The van der Waals surface area contributed by atoms with Crippen molar-refractivity contribution in [2.75, 3.05) is 6.26 Å². The lowest BCUT2D eigenvalue weighted by Gasteiger charge is -2.07. The maximum Gasteiger partial charge on any atom is 0.124 e. The lowest BCUT2D eigenvalue weighted by Crippen LogP contribution is -1.97. The van der Waals surface area contributed by atoms with Crippen molar-refractivity contribution in [3.8, 4) is 0 Å². The quantitative estimate of drug-likeness (QED) is 0.723. The average Bonchev–Trinajstić information content (AvgIpc) is 2.25. The molecule has 0 aliphatic carbocycles. The van der Waals surface area contributed by atoms with Gasteiger partial charge in [-0.15, -0.1) is 0 Å². The van der Waals surface area contributed by atoms with Crippen molar-refractivity contribution in [1.29, 1.82) is 0 Å². The molecular weight excluding hydrogens is 292 g/mol. The first-order valence-electron chi connectivity index (χ1n) is 4.93. The summed E-state index contributed by atoms with van der Waals surface area (Å²) in [5.74, 6) is 0. The molecule has 0 atom stereocenters. The van der Waals surface area contributed by atoms with E-state index in [1.165, 1.54) is 12.1 Å². The van der Waals surface area contributed by atoms with Gasteiger partial charge in [-0.3, -0.25) is 0 Å². The van der Waals surface area contributed by atoms with Gasteiger partial charge in [0.1, 0.15) is 10.1 Å². The fraction of sp³-hybridized carbons (Fsp3) is 0.0909. The molecule has 0 aromatic heterocycles. The first-order chi connectivity index (χ1) is 8.57. The molecule has 0 N–H and O–H groups in total. The highest BCUT2D eigenvalue weighted by Gasteiger charge is 2.01. The predicted octanol–water partition coefficient (Wildman–Crippen LogP) is 0.905. The summed E-state index contributed by atoms with van der Waals surface area (Å²) in [6.07, 6.45) is 0.604. The molecule has 0 saturated heterocycles. The molecule has 2 aromatic rings. The van der Waals surface area contributed by atoms with E-state index in [-0.39, 0.29) is 4.90 Å². The van der Waals surface area contributed by atoms with E-state index >= 15 is 0 Å². The molecule has 0 saturated carbocycles. The Hall–Kier alpha value is -1.48. The van der Waals surface area contributed by atoms with Crippen molar-refractivity contribution < 1.29 is 25.9 Å². The minimum atomic E-state index is -4.34. The van der Waals surface area contributed by atoms with Crippen LogP contribution in [0.2, 0.25) is 0 Å². The van der Waals surface area contributed by atoms with Gasteiger partial charge < -0.3 is 9.11 Å². The van der Waals surface area contributed by atoms with E-state index in [2.05, 4.69) is 0 Å². The van der Waals surface area contributed by atoms with Gasteiger partial charge in [0, 0.05) is 6.26 Å². The van der Waals surface area contributed by atoms with E-state index in [0.717, 1.165) is 10.8 Å². The monoisotopic (exact) mass is 302 g/mol. The maximum atomic E-state index is 10.7. The Bertz CT molecular complexity index is 770. The summed E-state index contributed by atoms with van der Waals surface area (Å²) in [4.78, 5) is -0.184. The molecule has 0 aliphatic heterocycles. The summed E-state index contributed by atoms with van der Waals surface area (Å²) in [5.41, 5.74) is 0. The number of benzene rings is 2. The predicted molar refractivity (Wildman–Crippen MR) is 67.5 cm³/mol. The Balaban J connectivity index is 0.000000312. The van der Waals surface area contributed by atoms with Crippen LogP contribution in [-0.2, 0) is 20.2 Å². The van der Waals surface area contributed by atoms with Gasteiger partial charge >= 0.3 is 0 Å². The minimum absolute atomic E-state index is 0.184. The Morgan fingerprint density at radius 1 is 0.842 bits per heavy atom. The number of hydrogen-bond acceptors (Lipinski definition) is 6. The zero-order valence-corrected chi connectivity index (χ0v) is 11.4. The van der Waals surface area contributed by atoms with Crippen LogP contribution in [0.4, 0.5) is 0 Å². The van der Waals surface area contributed by atoms with Gasteiger partial charge in [0.15, 0.2) is 0 Å². The summed E-state index contributed by atoms with van der Waals surface area (Å²) in [6.45, 7) is 0. The molecule has 0 aliphatic rings. The smallest absolute Gasteiger partial charge is 0.124 e. The first-order valence-corrected chi connectivity index (χ1v) is 8.15. The van der Waals surface area contributed by atoms with Crippen molar-refractivity contribution in [1.82, 2.24) is 0 Å². The van der Waals surface area contributed by atoms with Crippen LogP contribution in [0.1, 0.15) is 0 Å². The molecule has 2 rings (SSSR count). The van der Waals surface area contributed by atoms with Crippen molar-refractivity contribution in [3.63, 3.8) is 0 Å². The van der Waals surface area contributed by atoms with E-state index in [1.54, 1.807) is 18.2 Å². The van der Waals surface area contributed by atoms with Crippen molar-refractivity contribution in [2.24, 2.45) is 0 Å². The van der Waals surface area contributed by atoms with Gasteiger partial charge in [0.2, 0.25) is 0 Å². The second-order valence-electron chi connectivity index (χ2n) is 3.67. The third kappa shape index (κ3) is 5.79. The first kappa shape index (κ1) is 15.6. The Kier molecular flexibility index (Phi) is 4.64. The van der Waals surface area contributed by atoms with Crippen LogP contribution in [0.5, 0.6) is 0 Å². The van der Waals surface area contributed by atoms with Crippen LogP contribution in [0.3, 0.4) is 0 Å². The minimum Gasteiger partial charge on any atom is -0.748 e. The molecule has 0 bridgehead atoms. The SMILES string of the molecule is CS(=O)(=O)[O-].O=S(=O)([O-])c1ccc2ccccc2c1. The largest absolute Gasteiger partial charge is 0.748 e. The molecule has 0 unspecified atom stereocenters.